The molecule has 5 heteroatoms. The zero-order valence-electron chi connectivity index (χ0n) is 16.1. The van der Waals surface area contributed by atoms with Crippen molar-refractivity contribution in [2.45, 2.75) is 25.4 Å². The highest BCUT2D eigenvalue weighted by Crippen LogP contribution is 2.30. The number of ether oxygens (including phenoxy) is 1. The van der Waals surface area contributed by atoms with Crippen molar-refractivity contribution in [1.29, 1.82) is 0 Å². The number of nitrogens with zero attached hydrogens (tertiary/aromatic N) is 2. The van der Waals surface area contributed by atoms with E-state index in [-0.39, 0.29) is 5.91 Å². The summed E-state index contributed by atoms with van der Waals surface area (Å²) < 4.78 is 11.2. The first-order chi connectivity index (χ1) is 13.7. The molecule has 1 unspecified atom stereocenters. The molecule has 0 N–H and O–H groups in total. The standard InChI is InChI=1S/C23H24N2O3/c1-27-20-8-4-7-17-13-21(28-22(17)20)23(26)25-12-10-19(15-25)24-11-9-16-5-2-3-6-18(16)14-24/h2-8,13,19H,9-12,14-15H2,1H3. The highest BCUT2D eigenvalue weighted by molar-refractivity contribution is 5.97. The molecular weight excluding hydrogens is 352 g/mol. The average molecular weight is 376 g/mol. The van der Waals surface area contributed by atoms with E-state index >= 15 is 0 Å². The zero-order chi connectivity index (χ0) is 19.1. The lowest BCUT2D eigenvalue weighted by atomic mass is 9.98. The third-order valence-electron chi connectivity index (χ3n) is 6.07. The molecule has 144 valence electrons. The van der Waals surface area contributed by atoms with Gasteiger partial charge in [0, 0.05) is 37.6 Å². The molecule has 0 radical (unpaired) electrons. The van der Waals surface area contributed by atoms with Gasteiger partial charge in [0.05, 0.1) is 7.11 Å². The van der Waals surface area contributed by atoms with Gasteiger partial charge in [0.1, 0.15) is 0 Å². The first-order valence-electron chi connectivity index (χ1n) is 9.89. The minimum Gasteiger partial charge on any atom is -0.493 e. The SMILES string of the molecule is COc1cccc2cc(C(=O)N3CCC(N4CCc5ccccc5C4)C3)oc12. The first-order valence-corrected chi connectivity index (χ1v) is 9.89. The Bertz CT molecular complexity index is 1030. The summed E-state index contributed by atoms with van der Waals surface area (Å²) in [6.45, 7) is 3.57. The summed E-state index contributed by atoms with van der Waals surface area (Å²) in [5, 5.41) is 0.895. The van der Waals surface area contributed by atoms with Gasteiger partial charge in [0.2, 0.25) is 0 Å². The Morgan fingerprint density at radius 1 is 1.11 bits per heavy atom. The molecule has 3 aromatic rings. The predicted molar refractivity (Wildman–Crippen MR) is 108 cm³/mol. The molecule has 28 heavy (non-hydrogen) atoms. The number of amides is 1. The Balaban J connectivity index is 1.30. The summed E-state index contributed by atoms with van der Waals surface area (Å²) in [6, 6.07) is 16.6. The van der Waals surface area contributed by atoms with Crippen molar-refractivity contribution in [2.24, 2.45) is 0 Å². The Morgan fingerprint density at radius 3 is 2.82 bits per heavy atom. The number of furan rings is 1. The van der Waals surface area contributed by atoms with E-state index < -0.39 is 0 Å². The molecule has 5 nitrogen and oxygen atoms in total. The van der Waals surface area contributed by atoms with Gasteiger partial charge in [-0.05, 0) is 36.1 Å². The number of para-hydroxylation sites is 1. The van der Waals surface area contributed by atoms with Gasteiger partial charge < -0.3 is 14.1 Å². The lowest BCUT2D eigenvalue weighted by Crippen LogP contribution is -2.41. The van der Waals surface area contributed by atoms with Crippen LogP contribution in [0, 0.1) is 0 Å². The summed E-state index contributed by atoms with van der Waals surface area (Å²) in [5.41, 5.74) is 3.51. The number of rotatable bonds is 3. The van der Waals surface area contributed by atoms with E-state index in [4.69, 9.17) is 9.15 Å². The van der Waals surface area contributed by atoms with E-state index in [9.17, 15) is 4.79 Å². The van der Waals surface area contributed by atoms with Crippen molar-refractivity contribution < 1.29 is 13.9 Å². The molecule has 1 atom stereocenters. The molecule has 2 aromatic carbocycles. The van der Waals surface area contributed by atoms with Gasteiger partial charge in [-0.1, -0.05) is 36.4 Å². The fraction of sp³-hybridized carbons (Fsp3) is 0.348. The molecule has 1 aromatic heterocycles. The van der Waals surface area contributed by atoms with Crippen molar-refractivity contribution in [3.8, 4) is 5.75 Å². The summed E-state index contributed by atoms with van der Waals surface area (Å²) in [5.74, 6) is 1.02. The number of methoxy groups -OCH3 is 1. The largest absolute Gasteiger partial charge is 0.493 e. The number of likely N-dealkylation sites (tertiary alicyclic amines) is 1. The second-order valence-corrected chi connectivity index (χ2v) is 7.67. The maximum absolute atomic E-state index is 13.0. The van der Waals surface area contributed by atoms with Crippen LogP contribution in [0.5, 0.6) is 5.75 Å². The van der Waals surface area contributed by atoms with Gasteiger partial charge in [-0.25, -0.2) is 0 Å². The van der Waals surface area contributed by atoms with Crippen molar-refractivity contribution in [1.82, 2.24) is 9.80 Å². The molecule has 5 rings (SSSR count). The van der Waals surface area contributed by atoms with Gasteiger partial charge in [-0.3, -0.25) is 9.69 Å². The van der Waals surface area contributed by atoms with Crippen LogP contribution < -0.4 is 4.74 Å². The van der Waals surface area contributed by atoms with Gasteiger partial charge >= 0.3 is 0 Å². The predicted octanol–water partition coefficient (Wildman–Crippen LogP) is 3.71. The second kappa shape index (κ2) is 6.99. The molecule has 0 aliphatic carbocycles. The van der Waals surface area contributed by atoms with E-state index in [2.05, 4.69) is 29.2 Å². The number of carbonyl (C=O) groups is 1. The third-order valence-corrected chi connectivity index (χ3v) is 6.07. The minimum absolute atomic E-state index is 0.0295. The van der Waals surface area contributed by atoms with Crippen LogP contribution in [0.1, 0.15) is 28.1 Å². The van der Waals surface area contributed by atoms with Crippen LogP contribution >= 0.6 is 0 Å². The lowest BCUT2D eigenvalue weighted by molar-refractivity contribution is 0.0744. The Hall–Kier alpha value is -2.79. The second-order valence-electron chi connectivity index (χ2n) is 7.67. The smallest absolute Gasteiger partial charge is 0.289 e. The number of hydrogen-bond donors (Lipinski definition) is 0. The summed E-state index contributed by atoms with van der Waals surface area (Å²) in [4.78, 5) is 17.5. The van der Waals surface area contributed by atoms with E-state index in [1.807, 2.05) is 29.2 Å². The minimum atomic E-state index is -0.0295. The quantitative estimate of drug-likeness (QED) is 0.699. The van der Waals surface area contributed by atoms with Crippen molar-refractivity contribution in [3.63, 3.8) is 0 Å². The number of fused-ring (bicyclic) bond motifs is 2. The maximum atomic E-state index is 13.0. The van der Waals surface area contributed by atoms with Gasteiger partial charge in [0.15, 0.2) is 17.1 Å². The van der Waals surface area contributed by atoms with Crippen molar-refractivity contribution in [2.75, 3.05) is 26.7 Å². The van der Waals surface area contributed by atoms with Crippen LogP contribution in [-0.2, 0) is 13.0 Å². The molecule has 2 aliphatic rings. The maximum Gasteiger partial charge on any atom is 0.289 e. The Labute approximate surface area is 164 Å². The van der Waals surface area contributed by atoms with E-state index in [0.717, 1.165) is 44.4 Å². The fourth-order valence-electron chi connectivity index (χ4n) is 4.51. The number of carbonyl (C=O) groups excluding carboxylic acids is 1. The topological polar surface area (TPSA) is 45.9 Å². The molecule has 1 amide bonds. The third kappa shape index (κ3) is 2.96. The van der Waals surface area contributed by atoms with Gasteiger partial charge in [0.25, 0.3) is 5.91 Å². The lowest BCUT2D eigenvalue weighted by Gasteiger charge is -2.33. The molecule has 0 bridgehead atoms. The Morgan fingerprint density at radius 2 is 1.96 bits per heavy atom. The molecular formula is C23H24N2O3. The molecule has 0 saturated carbocycles. The highest BCUT2D eigenvalue weighted by Gasteiger charge is 2.33. The highest BCUT2D eigenvalue weighted by atomic mass is 16.5. The summed E-state index contributed by atoms with van der Waals surface area (Å²) in [7, 11) is 1.61. The van der Waals surface area contributed by atoms with Crippen LogP contribution in [0.4, 0.5) is 0 Å². The monoisotopic (exact) mass is 376 g/mol. The van der Waals surface area contributed by atoms with Crippen LogP contribution in [-0.4, -0.2) is 48.5 Å². The molecule has 2 aliphatic heterocycles. The molecule has 3 heterocycles. The van der Waals surface area contributed by atoms with E-state index in [1.165, 1.54) is 11.1 Å². The van der Waals surface area contributed by atoms with Crippen LogP contribution in [0.3, 0.4) is 0 Å². The molecule has 0 spiro atoms. The summed E-state index contributed by atoms with van der Waals surface area (Å²) in [6.07, 6.45) is 2.10. The average Bonchev–Trinajstić information content (AvgIpc) is 3.40. The molecule has 1 fully saturated rings. The van der Waals surface area contributed by atoms with Crippen LogP contribution in [0.2, 0.25) is 0 Å². The molecule has 1 saturated heterocycles. The fourth-order valence-corrected chi connectivity index (χ4v) is 4.51. The van der Waals surface area contributed by atoms with Crippen molar-refractivity contribution >= 4 is 16.9 Å². The van der Waals surface area contributed by atoms with E-state index in [0.29, 0.717) is 23.1 Å². The van der Waals surface area contributed by atoms with Crippen LogP contribution in [0.25, 0.3) is 11.0 Å². The normalized spacial score (nSPS) is 19.8. The van der Waals surface area contributed by atoms with Crippen LogP contribution in [0.15, 0.2) is 52.9 Å². The number of benzene rings is 2. The first kappa shape index (κ1) is 17.3. The van der Waals surface area contributed by atoms with Crippen molar-refractivity contribution in [3.05, 3.63) is 65.4 Å². The van der Waals surface area contributed by atoms with E-state index in [1.54, 1.807) is 7.11 Å². The zero-order valence-corrected chi connectivity index (χ0v) is 16.1. The summed E-state index contributed by atoms with van der Waals surface area (Å²) >= 11 is 0. The van der Waals surface area contributed by atoms with Gasteiger partial charge in [-0.2, -0.15) is 0 Å². The Kier molecular flexibility index (Phi) is 4.32. The number of hydrogen-bond acceptors (Lipinski definition) is 4. The van der Waals surface area contributed by atoms with Gasteiger partial charge in [-0.15, -0.1) is 0 Å².